The molecule has 0 amide bonds. The van der Waals surface area contributed by atoms with Gasteiger partial charge in [-0.25, -0.2) is 0 Å². The largest absolute Gasteiger partial charge is 0.309 e. The van der Waals surface area contributed by atoms with E-state index in [1.807, 2.05) is 12.4 Å². The molecule has 0 bridgehead atoms. The smallest absolute Gasteiger partial charge is 0.184 e. The van der Waals surface area contributed by atoms with Crippen molar-refractivity contribution in [2.45, 2.75) is 0 Å². The Bertz CT molecular complexity index is 2170. The van der Waals surface area contributed by atoms with Crippen LogP contribution < -0.4 is 20.7 Å². The van der Waals surface area contributed by atoms with E-state index in [1.165, 1.54) is 53.7 Å². The minimum Gasteiger partial charge on any atom is -0.309 e. The average Bonchev–Trinajstić information content (AvgIpc) is 3.46. The molecule has 0 atom stereocenters. The Labute approximate surface area is 257 Å². The molecule has 4 heteroatoms. The summed E-state index contributed by atoms with van der Waals surface area (Å²) in [6, 6.07) is 54.8. The molecule has 0 spiro atoms. The fourth-order valence-corrected chi connectivity index (χ4v) is 11.7. The molecule has 0 aliphatic carbocycles. The van der Waals surface area contributed by atoms with Gasteiger partial charge in [0.15, 0.2) is 8.07 Å². The molecule has 3 aromatic heterocycles. The topological polar surface area (TPSA) is 30.7 Å². The first-order valence-corrected chi connectivity index (χ1v) is 16.9. The second kappa shape index (κ2) is 10.9. The van der Waals surface area contributed by atoms with Crippen LogP contribution in [-0.2, 0) is 0 Å². The summed E-state index contributed by atoms with van der Waals surface area (Å²) in [6.45, 7) is 0. The van der Waals surface area contributed by atoms with Crippen LogP contribution in [0.3, 0.4) is 0 Å². The number of aromatic nitrogens is 3. The minimum absolute atomic E-state index is 1.14. The Balaban J connectivity index is 1.58. The van der Waals surface area contributed by atoms with Crippen molar-refractivity contribution in [3.05, 3.63) is 176 Å². The first kappa shape index (κ1) is 26.1. The van der Waals surface area contributed by atoms with Crippen molar-refractivity contribution in [3.8, 4) is 16.8 Å². The molecular formula is C40H29N3Si. The third-order valence-corrected chi connectivity index (χ3v) is 13.4. The van der Waals surface area contributed by atoms with Gasteiger partial charge < -0.3 is 4.57 Å². The molecule has 0 N–H and O–H groups in total. The van der Waals surface area contributed by atoms with Gasteiger partial charge in [-0.1, -0.05) is 121 Å². The second-order valence-corrected chi connectivity index (χ2v) is 14.8. The zero-order chi connectivity index (χ0) is 29.3. The van der Waals surface area contributed by atoms with Gasteiger partial charge >= 0.3 is 0 Å². The van der Waals surface area contributed by atoms with Crippen LogP contribution in [0.2, 0.25) is 0 Å². The van der Waals surface area contributed by atoms with Crippen LogP contribution in [0, 0.1) is 0 Å². The molecule has 0 radical (unpaired) electrons. The van der Waals surface area contributed by atoms with Crippen LogP contribution in [0.4, 0.5) is 0 Å². The van der Waals surface area contributed by atoms with Crippen molar-refractivity contribution >= 4 is 50.6 Å². The number of fused-ring (bicyclic) bond motifs is 3. The molecule has 8 rings (SSSR count). The maximum absolute atomic E-state index is 4.72. The SMILES string of the molecule is c1ccc(-c2cccc([Si](c3cccnc3)(c3cccnc3)c3cccc4c5ccccc5n(-c5ccccc5)c34)c2)cc1. The number of hydrogen-bond donors (Lipinski definition) is 0. The third-order valence-electron chi connectivity index (χ3n) is 8.70. The lowest BCUT2D eigenvalue weighted by Gasteiger charge is -2.35. The normalized spacial score (nSPS) is 11.6. The summed E-state index contributed by atoms with van der Waals surface area (Å²) in [4.78, 5) is 9.44. The molecule has 208 valence electrons. The van der Waals surface area contributed by atoms with Gasteiger partial charge in [0.1, 0.15) is 0 Å². The van der Waals surface area contributed by atoms with Crippen molar-refractivity contribution < 1.29 is 0 Å². The third kappa shape index (κ3) is 4.11. The Morgan fingerprint density at radius 1 is 0.455 bits per heavy atom. The summed E-state index contributed by atoms with van der Waals surface area (Å²) in [5.41, 5.74) is 5.96. The predicted molar refractivity (Wildman–Crippen MR) is 185 cm³/mol. The minimum atomic E-state index is -3.00. The maximum atomic E-state index is 4.72. The Kier molecular flexibility index (Phi) is 6.47. The molecule has 44 heavy (non-hydrogen) atoms. The fourth-order valence-electron chi connectivity index (χ4n) is 6.86. The molecule has 0 fully saturated rings. The Morgan fingerprint density at radius 3 is 1.75 bits per heavy atom. The molecule has 5 aromatic carbocycles. The Hall–Kier alpha value is -5.58. The van der Waals surface area contributed by atoms with E-state index in [0.29, 0.717) is 0 Å². The van der Waals surface area contributed by atoms with Crippen molar-refractivity contribution in [1.29, 1.82) is 0 Å². The van der Waals surface area contributed by atoms with E-state index in [-0.39, 0.29) is 0 Å². The van der Waals surface area contributed by atoms with Crippen molar-refractivity contribution in [2.75, 3.05) is 0 Å². The van der Waals surface area contributed by atoms with Crippen molar-refractivity contribution in [1.82, 2.24) is 14.5 Å². The molecule has 0 saturated carbocycles. The van der Waals surface area contributed by atoms with Crippen LogP contribution in [-0.4, -0.2) is 22.6 Å². The molecule has 8 aromatic rings. The van der Waals surface area contributed by atoms with Crippen molar-refractivity contribution in [2.24, 2.45) is 0 Å². The molecule has 0 saturated heterocycles. The van der Waals surface area contributed by atoms with Gasteiger partial charge in [-0.2, -0.15) is 0 Å². The van der Waals surface area contributed by atoms with Gasteiger partial charge in [-0.15, -0.1) is 0 Å². The molecule has 0 aliphatic rings. The maximum Gasteiger partial charge on any atom is 0.184 e. The lowest BCUT2D eigenvalue weighted by molar-refractivity contribution is 1.18. The summed E-state index contributed by atoms with van der Waals surface area (Å²) >= 11 is 0. The van der Waals surface area contributed by atoms with Gasteiger partial charge in [-0.3, -0.25) is 9.97 Å². The summed E-state index contributed by atoms with van der Waals surface area (Å²) in [6.07, 6.45) is 7.88. The Morgan fingerprint density at radius 2 is 1.05 bits per heavy atom. The highest BCUT2D eigenvalue weighted by molar-refractivity contribution is 7.20. The summed E-state index contributed by atoms with van der Waals surface area (Å²) < 4.78 is 2.45. The number of pyridine rings is 2. The van der Waals surface area contributed by atoms with Crippen LogP contribution in [0.5, 0.6) is 0 Å². The van der Waals surface area contributed by atoms with Gasteiger partial charge in [0.25, 0.3) is 0 Å². The summed E-state index contributed by atoms with van der Waals surface area (Å²) in [5, 5.41) is 7.52. The van der Waals surface area contributed by atoms with E-state index >= 15 is 0 Å². The first-order chi connectivity index (χ1) is 21.9. The standard InChI is InChI=1S/C40H29N3Si/c1-3-13-30(14-4-1)31-15-9-18-33(27-31)44(34-19-11-25-41-28-34,35-20-12-26-42-29-35)39-24-10-22-37-36-21-7-8-23-38(36)43(40(37)39)32-16-5-2-6-17-32/h1-29H. The van der Waals surface area contributed by atoms with Gasteiger partial charge in [0.05, 0.1) is 11.0 Å². The monoisotopic (exact) mass is 579 g/mol. The quantitative estimate of drug-likeness (QED) is 0.207. The number of rotatable bonds is 6. The van der Waals surface area contributed by atoms with E-state index in [1.54, 1.807) is 0 Å². The highest BCUT2D eigenvalue weighted by atomic mass is 28.3. The van der Waals surface area contributed by atoms with Crippen LogP contribution in [0.25, 0.3) is 38.6 Å². The fraction of sp³-hybridized carbons (Fsp3) is 0. The summed E-state index contributed by atoms with van der Waals surface area (Å²) in [7, 11) is -3.00. The van der Waals surface area contributed by atoms with E-state index in [9.17, 15) is 0 Å². The van der Waals surface area contributed by atoms with E-state index < -0.39 is 8.07 Å². The van der Waals surface area contributed by atoms with Gasteiger partial charge in [0, 0.05) is 41.2 Å². The summed E-state index contributed by atoms with van der Waals surface area (Å²) in [5.74, 6) is 0. The van der Waals surface area contributed by atoms with E-state index in [2.05, 4.69) is 169 Å². The number of benzene rings is 5. The number of para-hydroxylation sites is 3. The first-order valence-electron chi connectivity index (χ1n) is 14.9. The van der Waals surface area contributed by atoms with Crippen LogP contribution in [0.15, 0.2) is 176 Å². The van der Waals surface area contributed by atoms with Crippen LogP contribution in [0.1, 0.15) is 0 Å². The lowest BCUT2D eigenvalue weighted by atomic mass is 10.1. The molecule has 3 heterocycles. The zero-order valence-corrected chi connectivity index (χ0v) is 25.1. The average molecular weight is 580 g/mol. The molecule has 0 unspecified atom stereocenters. The number of hydrogen-bond acceptors (Lipinski definition) is 2. The molecule has 0 aliphatic heterocycles. The highest BCUT2D eigenvalue weighted by Gasteiger charge is 2.44. The van der Waals surface area contributed by atoms with Gasteiger partial charge in [-0.05, 0) is 62.2 Å². The van der Waals surface area contributed by atoms with Crippen molar-refractivity contribution in [3.63, 3.8) is 0 Å². The van der Waals surface area contributed by atoms with E-state index in [0.717, 1.165) is 5.69 Å². The molecule has 3 nitrogen and oxygen atoms in total. The highest BCUT2D eigenvalue weighted by Crippen LogP contribution is 2.32. The zero-order valence-electron chi connectivity index (χ0n) is 24.1. The van der Waals surface area contributed by atoms with Gasteiger partial charge in [0.2, 0.25) is 0 Å². The predicted octanol–water partition coefficient (Wildman–Crippen LogP) is 6.62. The number of nitrogens with zero attached hydrogens (tertiary/aromatic N) is 3. The second-order valence-electron chi connectivity index (χ2n) is 11.1. The van der Waals surface area contributed by atoms with E-state index in [4.69, 9.17) is 9.97 Å². The lowest BCUT2D eigenvalue weighted by Crippen LogP contribution is -2.75. The molecular weight excluding hydrogens is 551 g/mol. The van der Waals surface area contributed by atoms with Crippen LogP contribution >= 0.6 is 0 Å².